The van der Waals surface area contributed by atoms with Crippen molar-refractivity contribution in [3.05, 3.63) is 28.8 Å². The second-order valence-electron chi connectivity index (χ2n) is 6.63. The highest BCUT2D eigenvalue weighted by molar-refractivity contribution is 6.31. The van der Waals surface area contributed by atoms with Crippen LogP contribution in [0.3, 0.4) is 0 Å². The Morgan fingerprint density at radius 2 is 2.00 bits per heavy atom. The molecule has 2 nitrogen and oxygen atoms in total. The molecular weight excluding hydrogens is 280 g/mol. The molecule has 1 saturated carbocycles. The fourth-order valence-electron chi connectivity index (χ4n) is 3.21. The predicted octanol–water partition coefficient (Wildman–Crippen LogP) is 4.64. The highest BCUT2D eigenvalue weighted by atomic mass is 35.5. The molecule has 1 aromatic carbocycles. The van der Waals surface area contributed by atoms with Crippen molar-refractivity contribution in [2.75, 3.05) is 18.0 Å². The van der Waals surface area contributed by atoms with Crippen molar-refractivity contribution in [3.63, 3.8) is 0 Å². The van der Waals surface area contributed by atoms with Crippen LogP contribution >= 0.6 is 11.6 Å². The van der Waals surface area contributed by atoms with Gasteiger partial charge in [0.15, 0.2) is 0 Å². The van der Waals surface area contributed by atoms with Crippen LogP contribution in [0.4, 0.5) is 5.69 Å². The maximum atomic E-state index is 6.44. The molecule has 0 aromatic heterocycles. The van der Waals surface area contributed by atoms with Crippen molar-refractivity contribution in [2.45, 2.75) is 58.4 Å². The number of nitrogens with zero attached hydrogens (tertiary/aromatic N) is 1. The van der Waals surface area contributed by atoms with Crippen molar-refractivity contribution in [1.82, 2.24) is 0 Å². The first kappa shape index (κ1) is 16.6. The SMILES string of the molecule is CC(C)CCN(c1ccc(CCN)c(Cl)c1)C1CCCC1. The predicted molar refractivity (Wildman–Crippen MR) is 93.3 cm³/mol. The molecule has 0 heterocycles. The monoisotopic (exact) mass is 308 g/mol. The van der Waals surface area contributed by atoms with Crippen LogP contribution in [0.1, 0.15) is 51.5 Å². The van der Waals surface area contributed by atoms with E-state index in [1.165, 1.54) is 37.8 Å². The van der Waals surface area contributed by atoms with Crippen molar-refractivity contribution in [3.8, 4) is 0 Å². The van der Waals surface area contributed by atoms with Gasteiger partial charge in [-0.3, -0.25) is 0 Å². The van der Waals surface area contributed by atoms with Gasteiger partial charge in [0.2, 0.25) is 0 Å². The lowest BCUT2D eigenvalue weighted by Crippen LogP contribution is -2.34. The van der Waals surface area contributed by atoms with Gasteiger partial charge < -0.3 is 10.6 Å². The highest BCUT2D eigenvalue weighted by Gasteiger charge is 2.23. The molecule has 0 bridgehead atoms. The molecule has 21 heavy (non-hydrogen) atoms. The first-order valence-corrected chi connectivity index (χ1v) is 8.74. The van der Waals surface area contributed by atoms with Gasteiger partial charge in [-0.15, -0.1) is 0 Å². The zero-order valence-electron chi connectivity index (χ0n) is 13.4. The van der Waals surface area contributed by atoms with Crippen LogP contribution in [0.2, 0.25) is 5.02 Å². The number of nitrogens with two attached hydrogens (primary N) is 1. The van der Waals surface area contributed by atoms with Crippen LogP contribution < -0.4 is 10.6 Å². The molecule has 0 saturated heterocycles. The topological polar surface area (TPSA) is 29.3 Å². The zero-order valence-corrected chi connectivity index (χ0v) is 14.2. The van der Waals surface area contributed by atoms with E-state index in [-0.39, 0.29) is 0 Å². The molecular formula is C18H29ClN2. The zero-order chi connectivity index (χ0) is 15.2. The summed E-state index contributed by atoms with van der Waals surface area (Å²) in [4.78, 5) is 2.59. The van der Waals surface area contributed by atoms with Gasteiger partial charge in [0.1, 0.15) is 0 Å². The summed E-state index contributed by atoms with van der Waals surface area (Å²) in [5.41, 5.74) is 8.09. The molecule has 0 aliphatic heterocycles. The Morgan fingerprint density at radius 3 is 2.57 bits per heavy atom. The Bertz CT molecular complexity index is 439. The maximum absolute atomic E-state index is 6.44. The Kier molecular flexibility index (Phi) is 6.38. The largest absolute Gasteiger partial charge is 0.368 e. The summed E-state index contributed by atoms with van der Waals surface area (Å²) in [6, 6.07) is 7.22. The summed E-state index contributed by atoms with van der Waals surface area (Å²) in [6.45, 7) is 6.38. The summed E-state index contributed by atoms with van der Waals surface area (Å²) in [7, 11) is 0. The quantitative estimate of drug-likeness (QED) is 0.795. The molecule has 118 valence electrons. The molecule has 2 N–H and O–H groups in total. The van der Waals surface area contributed by atoms with E-state index in [1.807, 2.05) is 0 Å². The van der Waals surface area contributed by atoms with Gasteiger partial charge in [0, 0.05) is 23.3 Å². The average molecular weight is 309 g/mol. The summed E-state index contributed by atoms with van der Waals surface area (Å²) < 4.78 is 0. The number of hydrogen-bond acceptors (Lipinski definition) is 2. The fourth-order valence-corrected chi connectivity index (χ4v) is 3.48. The lowest BCUT2D eigenvalue weighted by atomic mass is 10.1. The lowest BCUT2D eigenvalue weighted by molar-refractivity contribution is 0.528. The lowest BCUT2D eigenvalue weighted by Gasteiger charge is -2.32. The van der Waals surface area contributed by atoms with Crippen molar-refractivity contribution >= 4 is 17.3 Å². The summed E-state index contributed by atoms with van der Waals surface area (Å²) >= 11 is 6.44. The van der Waals surface area contributed by atoms with E-state index in [4.69, 9.17) is 17.3 Å². The molecule has 0 amide bonds. The Hall–Kier alpha value is -0.730. The second-order valence-corrected chi connectivity index (χ2v) is 7.04. The van der Waals surface area contributed by atoms with E-state index in [0.717, 1.165) is 29.5 Å². The van der Waals surface area contributed by atoms with Crippen LogP contribution in [0, 0.1) is 5.92 Å². The van der Waals surface area contributed by atoms with E-state index in [0.29, 0.717) is 12.6 Å². The van der Waals surface area contributed by atoms with Gasteiger partial charge in [0.25, 0.3) is 0 Å². The molecule has 2 rings (SSSR count). The molecule has 3 heteroatoms. The van der Waals surface area contributed by atoms with Crippen LogP contribution in [0.5, 0.6) is 0 Å². The first-order chi connectivity index (χ1) is 10.1. The van der Waals surface area contributed by atoms with Crippen molar-refractivity contribution in [2.24, 2.45) is 11.7 Å². The van der Waals surface area contributed by atoms with E-state index >= 15 is 0 Å². The Labute approximate surface area is 134 Å². The number of anilines is 1. The van der Waals surface area contributed by atoms with E-state index in [1.54, 1.807) is 0 Å². The fraction of sp³-hybridized carbons (Fsp3) is 0.667. The first-order valence-electron chi connectivity index (χ1n) is 8.37. The van der Waals surface area contributed by atoms with E-state index in [2.05, 4.69) is 36.9 Å². The molecule has 0 radical (unpaired) electrons. The third-order valence-electron chi connectivity index (χ3n) is 4.49. The normalized spacial score (nSPS) is 15.9. The van der Waals surface area contributed by atoms with Crippen molar-refractivity contribution in [1.29, 1.82) is 0 Å². The third-order valence-corrected chi connectivity index (χ3v) is 4.85. The van der Waals surface area contributed by atoms with Gasteiger partial charge >= 0.3 is 0 Å². The number of hydrogen-bond donors (Lipinski definition) is 1. The summed E-state index contributed by atoms with van der Waals surface area (Å²) in [5, 5.41) is 0.866. The van der Waals surface area contributed by atoms with Gasteiger partial charge in [-0.05, 0) is 55.8 Å². The summed E-state index contributed by atoms with van der Waals surface area (Å²) in [6.07, 6.45) is 7.46. The average Bonchev–Trinajstić information content (AvgIpc) is 2.96. The Balaban J connectivity index is 2.16. The van der Waals surface area contributed by atoms with E-state index < -0.39 is 0 Å². The van der Waals surface area contributed by atoms with Gasteiger partial charge in [-0.2, -0.15) is 0 Å². The number of halogens is 1. The van der Waals surface area contributed by atoms with Crippen LogP contribution in [-0.4, -0.2) is 19.1 Å². The Morgan fingerprint density at radius 1 is 1.29 bits per heavy atom. The highest BCUT2D eigenvalue weighted by Crippen LogP contribution is 2.31. The van der Waals surface area contributed by atoms with Crippen molar-refractivity contribution < 1.29 is 0 Å². The van der Waals surface area contributed by atoms with Crippen LogP contribution in [0.25, 0.3) is 0 Å². The van der Waals surface area contributed by atoms with Crippen LogP contribution in [-0.2, 0) is 6.42 Å². The smallest absolute Gasteiger partial charge is 0.0459 e. The standard InChI is InChI=1S/C18H29ClN2/c1-14(2)10-12-21(16-5-3-4-6-16)17-8-7-15(9-11-20)18(19)13-17/h7-8,13-14,16H,3-6,9-12,20H2,1-2H3. The van der Waals surface area contributed by atoms with Gasteiger partial charge in [-0.1, -0.05) is 44.4 Å². The minimum Gasteiger partial charge on any atom is -0.368 e. The molecule has 1 aliphatic carbocycles. The molecule has 0 atom stereocenters. The third kappa shape index (κ3) is 4.62. The molecule has 1 aromatic rings. The summed E-state index contributed by atoms with van der Waals surface area (Å²) in [5.74, 6) is 0.737. The van der Waals surface area contributed by atoms with Gasteiger partial charge in [0.05, 0.1) is 0 Å². The minimum absolute atomic E-state index is 0.652. The van der Waals surface area contributed by atoms with E-state index in [9.17, 15) is 0 Å². The van der Waals surface area contributed by atoms with Gasteiger partial charge in [-0.25, -0.2) is 0 Å². The molecule has 0 unspecified atom stereocenters. The van der Waals surface area contributed by atoms with Crippen LogP contribution in [0.15, 0.2) is 18.2 Å². The number of benzene rings is 1. The molecule has 0 spiro atoms. The minimum atomic E-state index is 0.652. The maximum Gasteiger partial charge on any atom is 0.0459 e. The number of rotatable bonds is 7. The second kappa shape index (κ2) is 8.05. The molecule has 1 aliphatic rings. The molecule has 1 fully saturated rings.